The van der Waals surface area contributed by atoms with Crippen LogP contribution in [0.2, 0.25) is 5.02 Å². The van der Waals surface area contributed by atoms with E-state index in [0.717, 1.165) is 50.0 Å². The van der Waals surface area contributed by atoms with Crippen molar-refractivity contribution in [3.63, 3.8) is 0 Å². The number of phenols is 2. The average molecular weight is 699 g/mol. The molecule has 3 aliphatic rings. The number of nitrogens with zero attached hydrogens (tertiary/aromatic N) is 5. The molecular weight excluding hydrogens is 676 g/mol. The number of hydrazine groups is 1. The standard InChI is InChI=1S/C24H23ClN8O11S2/c1-8(20(39)40)44-30-13(10-6-45-22(26)27-10)17(37)28-14-18(38)31-7-24(21(41)42,46-19(14)31)32-4-5-33(23(32)43)29-16(36)9-2-3-11(34)15(35)12(9)25/h2-3,6,8,14,19,34-35H,4-5,7H2,1H3,(H2,26,27)(H,28,37)(H,29,36)(H,39,40)(H,41,42)/b30-13-/t8-,14-,19-,24-/m1/s1. The van der Waals surface area contributed by atoms with Gasteiger partial charge in [-0.25, -0.2) is 24.4 Å². The number of nitrogens with one attached hydrogen (secondary N) is 2. The summed E-state index contributed by atoms with van der Waals surface area (Å²) in [4.78, 5) is 85.1. The number of aliphatic carboxylic acids is 2. The van der Waals surface area contributed by atoms with Crippen molar-refractivity contribution in [2.75, 3.05) is 25.4 Å². The monoisotopic (exact) mass is 698 g/mol. The molecule has 0 aliphatic carbocycles. The van der Waals surface area contributed by atoms with Gasteiger partial charge in [0.05, 0.1) is 23.7 Å². The molecule has 0 radical (unpaired) electrons. The van der Waals surface area contributed by atoms with Gasteiger partial charge in [-0.05, 0) is 19.1 Å². The third-order valence-electron chi connectivity index (χ3n) is 7.11. The number of nitrogens with two attached hydrogens (primary N) is 1. The van der Waals surface area contributed by atoms with Gasteiger partial charge in [-0.1, -0.05) is 28.5 Å². The number of benzene rings is 1. The van der Waals surface area contributed by atoms with E-state index in [1.807, 2.05) is 0 Å². The second kappa shape index (κ2) is 12.1. The van der Waals surface area contributed by atoms with Crippen LogP contribution in [0.25, 0.3) is 0 Å². The largest absolute Gasteiger partial charge is 0.504 e. The molecule has 1 aromatic carbocycles. The molecule has 0 spiro atoms. The number of oxime groups is 1. The molecule has 5 amide bonds. The minimum Gasteiger partial charge on any atom is -0.504 e. The van der Waals surface area contributed by atoms with E-state index in [-0.39, 0.29) is 29.5 Å². The number of carboxylic acid groups (broad SMARTS) is 2. The van der Waals surface area contributed by atoms with Gasteiger partial charge in [0.2, 0.25) is 16.9 Å². The maximum atomic E-state index is 13.3. The first-order chi connectivity index (χ1) is 21.7. The molecule has 8 N–H and O–H groups in total. The average Bonchev–Trinajstić information content (AvgIpc) is 3.70. The second-order valence-corrected chi connectivity index (χ2v) is 12.6. The predicted octanol–water partition coefficient (Wildman–Crippen LogP) is -0.753. The third kappa shape index (κ3) is 5.51. The van der Waals surface area contributed by atoms with Gasteiger partial charge in [0.25, 0.3) is 11.8 Å². The van der Waals surface area contributed by atoms with E-state index in [0.29, 0.717) is 0 Å². The molecule has 1 aromatic heterocycles. The number of fused-ring (bicyclic) bond motifs is 1. The first-order valence-corrected chi connectivity index (χ1v) is 15.1. The van der Waals surface area contributed by atoms with Gasteiger partial charge in [-0.15, -0.1) is 11.3 Å². The van der Waals surface area contributed by atoms with Crippen LogP contribution < -0.4 is 16.5 Å². The van der Waals surface area contributed by atoms with Crippen LogP contribution in [0.5, 0.6) is 11.5 Å². The van der Waals surface area contributed by atoms with Crippen LogP contribution in [0.1, 0.15) is 23.0 Å². The number of aromatic nitrogens is 1. The van der Waals surface area contributed by atoms with Crippen LogP contribution in [0, 0.1) is 0 Å². The van der Waals surface area contributed by atoms with Gasteiger partial charge >= 0.3 is 18.0 Å². The van der Waals surface area contributed by atoms with E-state index in [1.165, 1.54) is 12.3 Å². The predicted molar refractivity (Wildman–Crippen MR) is 158 cm³/mol. The Hall–Kier alpha value is -5.02. The number of hydrogen-bond acceptors (Lipinski definition) is 14. The lowest BCUT2D eigenvalue weighted by Gasteiger charge is -2.41. The van der Waals surface area contributed by atoms with E-state index in [1.54, 1.807) is 0 Å². The number of carboxylic acids is 2. The lowest BCUT2D eigenvalue weighted by atomic mass is 10.1. The maximum absolute atomic E-state index is 13.3. The Morgan fingerprint density at radius 1 is 1.22 bits per heavy atom. The number of hydrogen-bond donors (Lipinski definition) is 7. The molecule has 3 aliphatic heterocycles. The zero-order valence-corrected chi connectivity index (χ0v) is 25.6. The number of thioether (sulfide) groups is 1. The number of thiazole rings is 1. The number of rotatable bonds is 10. The number of nitrogen functional groups attached to an aromatic ring is 1. The lowest BCUT2D eigenvalue weighted by molar-refractivity contribution is -0.151. The highest BCUT2D eigenvalue weighted by Crippen LogP contribution is 2.49. The van der Waals surface area contributed by atoms with E-state index in [2.05, 4.69) is 20.9 Å². The number of carbonyl (C=O) groups is 6. The molecule has 0 bridgehead atoms. The van der Waals surface area contributed by atoms with Crippen molar-refractivity contribution in [1.82, 2.24) is 30.5 Å². The van der Waals surface area contributed by atoms with E-state index >= 15 is 0 Å². The summed E-state index contributed by atoms with van der Waals surface area (Å²) in [7, 11) is 0. The Morgan fingerprint density at radius 2 is 1.93 bits per heavy atom. The van der Waals surface area contributed by atoms with Crippen molar-refractivity contribution in [2.24, 2.45) is 5.16 Å². The van der Waals surface area contributed by atoms with Crippen molar-refractivity contribution in [2.45, 2.75) is 29.3 Å². The summed E-state index contributed by atoms with van der Waals surface area (Å²) in [6.45, 7) is 0.382. The summed E-state index contributed by atoms with van der Waals surface area (Å²) < 4.78 is 0. The van der Waals surface area contributed by atoms with Crippen molar-refractivity contribution in [3.05, 3.63) is 33.8 Å². The molecule has 5 rings (SSSR count). The van der Waals surface area contributed by atoms with Gasteiger partial charge in [-0.2, -0.15) is 0 Å². The molecular formula is C24H23ClN8O11S2. The summed E-state index contributed by atoms with van der Waals surface area (Å²) in [6, 6.07) is -0.0583. The van der Waals surface area contributed by atoms with Gasteiger partial charge in [0, 0.05) is 11.9 Å². The number of amides is 5. The molecule has 0 unspecified atom stereocenters. The normalized spacial score (nSPS) is 23.1. The fraction of sp³-hybridized carbons (Fsp3) is 0.333. The molecule has 19 nitrogen and oxygen atoms in total. The van der Waals surface area contributed by atoms with Crippen molar-refractivity contribution >= 4 is 81.2 Å². The lowest BCUT2D eigenvalue weighted by Crippen LogP contribution is -2.68. The third-order valence-corrected chi connectivity index (χ3v) is 9.85. The van der Waals surface area contributed by atoms with Crippen LogP contribution in [-0.4, -0.2) is 124 Å². The molecule has 3 saturated heterocycles. The molecule has 2 aromatic rings. The Labute approximate surface area is 270 Å². The minimum atomic E-state index is -2.01. The fourth-order valence-corrected chi connectivity index (χ4v) is 7.11. The molecule has 0 saturated carbocycles. The summed E-state index contributed by atoms with van der Waals surface area (Å²) in [5.41, 5.74) is 7.12. The Bertz CT molecular complexity index is 1710. The molecule has 22 heteroatoms. The zero-order chi connectivity index (χ0) is 33.7. The number of halogens is 1. The van der Waals surface area contributed by atoms with Crippen molar-refractivity contribution < 1.29 is 54.0 Å². The first kappa shape index (κ1) is 32.4. The van der Waals surface area contributed by atoms with E-state index in [4.69, 9.17) is 27.3 Å². The van der Waals surface area contributed by atoms with E-state index in [9.17, 15) is 44.1 Å². The summed E-state index contributed by atoms with van der Waals surface area (Å²) in [5, 5.41) is 45.6. The van der Waals surface area contributed by atoms with Crippen LogP contribution in [-0.2, 0) is 24.0 Å². The fourth-order valence-electron chi connectivity index (χ4n) is 4.68. The van der Waals surface area contributed by atoms with Crippen molar-refractivity contribution in [3.8, 4) is 11.5 Å². The highest BCUT2D eigenvalue weighted by atomic mass is 35.5. The zero-order valence-electron chi connectivity index (χ0n) is 23.2. The van der Waals surface area contributed by atoms with Crippen LogP contribution in [0.3, 0.4) is 0 Å². The van der Waals surface area contributed by atoms with Crippen LogP contribution >= 0.6 is 34.7 Å². The van der Waals surface area contributed by atoms with Crippen molar-refractivity contribution in [1.29, 1.82) is 0 Å². The van der Waals surface area contributed by atoms with Gasteiger partial charge in [0.15, 0.2) is 22.3 Å². The smallest absolute Gasteiger partial charge is 0.347 e. The topological polar surface area (TPSA) is 278 Å². The highest BCUT2D eigenvalue weighted by molar-refractivity contribution is 8.02. The van der Waals surface area contributed by atoms with Crippen LogP contribution in [0.15, 0.2) is 22.7 Å². The maximum Gasteiger partial charge on any atom is 0.347 e. The van der Waals surface area contributed by atoms with Gasteiger partial charge < -0.3 is 41.2 Å². The van der Waals surface area contributed by atoms with E-state index < -0.39 is 86.9 Å². The molecule has 46 heavy (non-hydrogen) atoms. The second-order valence-electron chi connectivity index (χ2n) is 9.93. The summed E-state index contributed by atoms with van der Waals surface area (Å²) >= 11 is 7.61. The van der Waals surface area contributed by atoms with Gasteiger partial charge in [0.1, 0.15) is 17.1 Å². The Kier molecular flexibility index (Phi) is 8.49. The number of anilines is 1. The Morgan fingerprint density at radius 3 is 2.57 bits per heavy atom. The number of aromatic hydroxyl groups is 2. The number of phenolic OH excluding ortho intramolecular Hbond substituents is 2. The highest BCUT2D eigenvalue weighted by Gasteiger charge is 2.66. The molecule has 4 atom stereocenters. The molecule has 3 fully saturated rings. The number of β-lactam (4-membered cyclic amide) rings is 1. The van der Waals surface area contributed by atoms with Crippen LogP contribution in [0.4, 0.5) is 9.93 Å². The number of urea groups is 1. The summed E-state index contributed by atoms with van der Waals surface area (Å²) in [5.74, 6) is -6.72. The first-order valence-electron chi connectivity index (χ1n) is 13.0. The quantitative estimate of drug-likeness (QED) is 0.0696. The van der Waals surface area contributed by atoms with Gasteiger partial charge in [-0.3, -0.25) is 24.7 Å². The SMILES string of the molecule is C[C@@H](O/N=C(\C(=O)N[C@@H]1C(=O)N2C[C@@](C(=O)O)(N3CCN(NC(=O)c4ccc(O)c(O)c4Cl)C3=O)S[C@H]12)c1csc(N)n1)C(=O)O. The minimum absolute atomic E-state index is 0.0613. The summed E-state index contributed by atoms with van der Waals surface area (Å²) in [6.07, 6.45) is -1.44. The molecule has 244 valence electrons. The number of carbonyl (C=O) groups excluding carboxylic acids is 4. The molecule has 4 heterocycles. The Balaban J connectivity index is 1.31.